The van der Waals surface area contributed by atoms with Crippen LogP contribution in [0.2, 0.25) is 0 Å². The second-order valence-electron chi connectivity index (χ2n) is 8.11. The van der Waals surface area contributed by atoms with Crippen LogP contribution in [0.1, 0.15) is 29.6 Å². The molecule has 2 aliphatic rings. The van der Waals surface area contributed by atoms with Crippen LogP contribution in [-0.2, 0) is 14.4 Å². The zero-order valence-electron chi connectivity index (χ0n) is 18.4. The third-order valence-electron chi connectivity index (χ3n) is 6.04. The molecule has 32 heavy (non-hydrogen) atoms. The normalized spacial score (nSPS) is 19.9. The molecule has 0 aromatic heterocycles. The molecule has 0 N–H and O–H groups in total. The summed E-state index contributed by atoms with van der Waals surface area (Å²) in [5.41, 5.74) is 3.64. The van der Waals surface area contributed by atoms with Crippen LogP contribution in [0.5, 0.6) is 0 Å². The highest BCUT2D eigenvalue weighted by molar-refractivity contribution is 6.00. The standard InChI is InChI=1S/C25H29N3O4/c1-31-26-22-17-23(11-12-24(29)27-13-15-32-16-14-27)28(18-22)25(30)21-9-7-20(8-10-21)19-5-3-2-4-6-19/h2-10,23H,11-18H2,1H3/b26-22-. The van der Waals surface area contributed by atoms with Gasteiger partial charge in [-0.2, -0.15) is 0 Å². The summed E-state index contributed by atoms with van der Waals surface area (Å²) in [6, 6.07) is 17.7. The smallest absolute Gasteiger partial charge is 0.254 e. The van der Waals surface area contributed by atoms with Gasteiger partial charge in [-0.05, 0) is 29.7 Å². The van der Waals surface area contributed by atoms with Crippen molar-refractivity contribution in [3.05, 3.63) is 60.2 Å². The first-order chi connectivity index (χ1) is 15.7. The van der Waals surface area contributed by atoms with Gasteiger partial charge in [-0.15, -0.1) is 0 Å². The predicted molar refractivity (Wildman–Crippen MR) is 122 cm³/mol. The van der Waals surface area contributed by atoms with Crippen molar-refractivity contribution in [3.63, 3.8) is 0 Å². The van der Waals surface area contributed by atoms with Crippen LogP contribution < -0.4 is 0 Å². The van der Waals surface area contributed by atoms with Crippen molar-refractivity contribution in [2.45, 2.75) is 25.3 Å². The molecule has 0 spiro atoms. The summed E-state index contributed by atoms with van der Waals surface area (Å²) in [5.74, 6) is 0.0692. The number of rotatable bonds is 6. The Morgan fingerprint density at radius 1 is 1.03 bits per heavy atom. The molecule has 0 radical (unpaired) electrons. The number of nitrogens with zero attached hydrogens (tertiary/aromatic N) is 3. The largest absolute Gasteiger partial charge is 0.399 e. The van der Waals surface area contributed by atoms with Crippen molar-refractivity contribution >= 4 is 17.5 Å². The van der Waals surface area contributed by atoms with E-state index in [9.17, 15) is 9.59 Å². The van der Waals surface area contributed by atoms with Crippen molar-refractivity contribution in [1.29, 1.82) is 0 Å². The SMILES string of the molecule is CO/N=C1/CC(CCC(=O)N2CCOCC2)N(C(=O)c2ccc(-c3ccccc3)cc2)C1. The minimum Gasteiger partial charge on any atom is -0.399 e. The van der Waals surface area contributed by atoms with Gasteiger partial charge in [0.25, 0.3) is 5.91 Å². The van der Waals surface area contributed by atoms with E-state index in [-0.39, 0.29) is 17.9 Å². The van der Waals surface area contributed by atoms with Crippen LogP contribution in [0.25, 0.3) is 11.1 Å². The summed E-state index contributed by atoms with van der Waals surface area (Å²) in [4.78, 5) is 34.5. The van der Waals surface area contributed by atoms with Crippen LogP contribution in [0.15, 0.2) is 59.8 Å². The molecule has 2 aromatic carbocycles. The Labute approximate surface area is 188 Å². The highest BCUT2D eigenvalue weighted by Gasteiger charge is 2.34. The summed E-state index contributed by atoms with van der Waals surface area (Å²) in [7, 11) is 1.51. The van der Waals surface area contributed by atoms with Crippen molar-refractivity contribution < 1.29 is 19.2 Å². The van der Waals surface area contributed by atoms with E-state index < -0.39 is 0 Å². The van der Waals surface area contributed by atoms with E-state index in [2.05, 4.69) is 5.16 Å². The van der Waals surface area contributed by atoms with Crippen LogP contribution in [0.3, 0.4) is 0 Å². The Bertz CT molecular complexity index is 953. The molecule has 2 amide bonds. The van der Waals surface area contributed by atoms with E-state index in [0.29, 0.717) is 57.7 Å². The molecule has 0 aliphatic carbocycles. The molecule has 7 heteroatoms. The lowest BCUT2D eigenvalue weighted by molar-refractivity contribution is -0.135. The van der Waals surface area contributed by atoms with Crippen LogP contribution in [-0.4, -0.2) is 73.3 Å². The average Bonchev–Trinajstić information content (AvgIpc) is 3.26. The number of oxime groups is 1. The fourth-order valence-electron chi connectivity index (χ4n) is 4.33. The fraction of sp³-hybridized carbons (Fsp3) is 0.400. The molecule has 1 unspecified atom stereocenters. The summed E-state index contributed by atoms with van der Waals surface area (Å²) in [5, 5.41) is 4.08. The summed E-state index contributed by atoms with van der Waals surface area (Å²) < 4.78 is 5.33. The molecule has 2 saturated heterocycles. The van der Waals surface area contributed by atoms with Crippen molar-refractivity contribution in [3.8, 4) is 11.1 Å². The van der Waals surface area contributed by atoms with Crippen LogP contribution >= 0.6 is 0 Å². The quantitative estimate of drug-likeness (QED) is 0.654. The van der Waals surface area contributed by atoms with Gasteiger partial charge >= 0.3 is 0 Å². The van der Waals surface area contributed by atoms with E-state index in [1.165, 1.54) is 7.11 Å². The van der Waals surface area contributed by atoms with Crippen LogP contribution in [0, 0.1) is 0 Å². The van der Waals surface area contributed by atoms with Gasteiger partial charge in [0.1, 0.15) is 7.11 Å². The number of carbonyl (C=O) groups excluding carboxylic acids is 2. The molecule has 2 aliphatic heterocycles. The molecule has 2 aromatic rings. The lowest BCUT2D eigenvalue weighted by Gasteiger charge is -2.28. The number of likely N-dealkylation sites (tertiary alicyclic amines) is 1. The zero-order chi connectivity index (χ0) is 22.3. The zero-order valence-corrected chi connectivity index (χ0v) is 18.4. The highest BCUT2D eigenvalue weighted by atomic mass is 16.6. The summed E-state index contributed by atoms with van der Waals surface area (Å²) >= 11 is 0. The van der Waals surface area contributed by atoms with E-state index in [1.807, 2.05) is 64.4 Å². The maximum absolute atomic E-state index is 13.3. The van der Waals surface area contributed by atoms with Gasteiger partial charge in [-0.3, -0.25) is 9.59 Å². The molecule has 0 bridgehead atoms. The topological polar surface area (TPSA) is 71.4 Å². The van der Waals surface area contributed by atoms with Gasteiger partial charge in [0.05, 0.1) is 25.5 Å². The van der Waals surface area contributed by atoms with Gasteiger partial charge in [-0.1, -0.05) is 47.6 Å². The first-order valence-corrected chi connectivity index (χ1v) is 11.1. The molecule has 2 fully saturated rings. The Balaban J connectivity index is 1.44. The van der Waals surface area contributed by atoms with Crippen LogP contribution in [0.4, 0.5) is 0 Å². The number of amides is 2. The molecule has 4 rings (SSSR count). The lowest BCUT2D eigenvalue weighted by Crippen LogP contribution is -2.41. The van der Waals surface area contributed by atoms with Crippen molar-refractivity contribution in [2.24, 2.45) is 5.16 Å². The van der Waals surface area contributed by atoms with Gasteiger partial charge in [0, 0.05) is 37.5 Å². The second-order valence-corrected chi connectivity index (χ2v) is 8.11. The van der Waals surface area contributed by atoms with Gasteiger partial charge in [-0.25, -0.2) is 0 Å². The summed E-state index contributed by atoms with van der Waals surface area (Å²) in [6.07, 6.45) is 1.63. The van der Waals surface area contributed by atoms with E-state index in [1.54, 1.807) is 0 Å². The van der Waals surface area contributed by atoms with Crippen molar-refractivity contribution in [1.82, 2.24) is 9.80 Å². The monoisotopic (exact) mass is 435 g/mol. The third-order valence-corrected chi connectivity index (χ3v) is 6.04. The molecular weight excluding hydrogens is 406 g/mol. The number of hydrogen-bond acceptors (Lipinski definition) is 5. The Morgan fingerprint density at radius 3 is 2.41 bits per heavy atom. The van der Waals surface area contributed by atoms with E-state index in [0.717, 1.165) is 16.8 Å². The number of ether oxygens (including phenoxy) is 1. The highest BCUT2D eigenvalue weighted by Crippen LogP contribution is 2.25. The molecule has 7 nitrogen and oxygen atoms in total. The number of morpholine rings is 1. The number of benzene rings is 2. The first-order valence-electron chi connectivity index (χ1n) is 11.1. The van der Waals surface area contributed by atoms with Gasteiger partial charge in [0.15, 0.2) is 0 Å². The predicted octanol–water partition coefficient (Wildman–Crippen LogP) is 3.21. The first kappa shape index (κ1) is 22.0. The molecule has 2 heterocycles. The molecule has 1 atom stereocenters. The molecule has 168 valence electrons. The minimum atomic E-state index is -0.0739. The summed E-state index contributed by atoms with van der Waals surface area (Å²) in [6.45, 7) is 2.86. The van der Waals surface area contributed by atoms with Gasteiger partial charge in [0.2, 0.25) is 5.91 Å². The van der Waals surface area contributed by atoms with E-state index >= 15 is 0 Å². The number of hydrogen-bond donors (Lipinski definition) is 0. The lowest BCUT2D eigenvalue weighted by atomic mass is 10.0. The Morgan fingerprint density at radius 2 is 1.72 bits per heavy atom. The maximum Gasteiger partial charge on any atom is 0.254 e. The molecular formula is C25H29N3O4. The second kappa shape index (κ2) is 10.4. The number of carbonyl (C=O) groups is 2. The average molecular weight is 436 g/mol. The maximum atomic E-state index is 13.3. The van der Waals surface area contributed by atoms with Crippen molar-refractivity contribution in [2.75, 3.05) is 40.0 Å². The Kier molecular flexibility index (Phi) is 7.17. The van der Waals surface area contributed by atoms with E-state index in [4.69, 9.17) is 9.57 Å². The third kappa shape index (κ3) is 5.16. The fourth-order valence-corrected chi connectivity index (χ4v) is 4.33. The minimum absolute atomic E-state index is 0.0465. The Hall–Kier alpha value is -3.19. The van der Waals surface area contributed by atoms with Gasteiger partial charge < -0.3 is 19.4 Å². The molecule has 0 saturated carbocycles.